The Balaban J connectivity index is 2.07. The molecule has 7 heteroatoms. The van der Waals surface area contributed by atoms with E-state index in [0.29, 0.717) is 31.7 Å². The number of hydrogen-bond donors (Lipinski definition) is 0. The Labute approximate surface area is 125 Å². The van der Waals surface area contributed by atoms with Crippen LogP contribution in [0.4, 0.5) is 0 Å². The van der Waals surface area contributed by atoms with Gasteiger partial charge >= 0.3 is 0 Å². The average molecular weight is 312 g/mol. The van der Waals surface area contributed by atoms with Crippen molar-refractivity contribution in [2.45, 2.75) is 6.92 Å². The quantitative estimate of drug-likeness (QED) is 0.825. The lowest BCUT2D eigenvalue weighted by atomic mass is 10.1. The third-order valence-corrected chi connectivity index (χ3v) is 4.94. The van der Waals surface area contributed by atoms with E-state index in [2.05, 4.69) is 0 Å². The number of methoxy groups -OCH3 is 1. The van der Waals surface area contributed by atoms with Gasteiger partial charge in [0.2, 0.25) is 10.0 Å². The van der Waals surface area contributed by atoms with Crippen LogP contribution in [0, 0.1) is 6.92 Å². The van der Waals surface area contributed by atoms with Gasteiger partial charge in [0.1, 0.15) is 5.75 Å². The minimum absolute atomic E-state index is 0.0751. The molecular weight excluding hydrogens is 292 g/mol. The highest BCUT2D eigenvalue weighted by Gasteiger charge is 2.26. The summed E-state index contributed by atoms with van der Waals surface area (Å²) in [6.07, 6.45) is 1.19. The van der Waals surface area contributed by atoms with E-state index >= 15 is 0 Å². The first-order chi connectivity index (χ1) is 9.82. The number of piperazine rings is 1. The van der Waals surface area contributed by atoms with Crippen LogP contribution in [0.2, 0.25) is 0 Å². The van der Waals surface area contributed by atoms with Crippen LogP contribution in [0.15, 0.2) is 18.2 Å². The van der Waals surface area contributed by atoms with E-state index in [-0.39, 0.29) is 5.91 Å². The third-order valence-electron chi connectivity index (χ3n) is 3.64. The molecule has 116 valence electrons. The first kappa shape index (κ1) is 15.8. The second-order valence-electron chi connectivity index (χ2n) is 5.14. The van der Waals surface area contributed by atoms with Crippen molar-refractivity contribution < 1.29 is 17.9 Å². The van der Waals surface area contributed by atoms with Crippen LogP contribution in [-0.2, 0) is 10.0 Å². The Morgan fingerprint density at radius 2 is 1.81 bits per heavy atom. The van der Waals surface area contributed by atoms with Crippen molar-refractivity contribution in [1.29, 1.82) is 0 Å². The zero-order valence-electron chi connectivity index (χ0n) is 12.5. The number of amides is 1. The largest absolute Gasteiger partial charge is 0.496 e. The van der Waals surface area contributed by atoms with Gasteiger partial charge in [-0.05, 0) is 30.7 Å². The zero-order valence-corrected chi connectivity index (χ0v) is 13.3. The molecule has 0 bridgehead atoms. The molecule has 0 aromatic heterocycles. The highest BCUT2D eigenvalue weighted by Crippen LogP contribution is 2.20. The van der Waals surface area contributed by atoms with E-state index in [1.807, 2.05) is 6.92 Å². The fourth-order valence-corrected chi connectivity index (χ4v) is 3.24. The van der Waals surface area contributed by atoms with E-state index in [1.165, 1.54) is 10.6 Å². The second-order valence-corrected chi connectivity index (χ2v) is 7.12. The number of aryl methyl sites for hydroxylation is 1. The lowest BCUT2D eigenvalue weighted by Gasteiger charge is -2.33. The van der Waals surface area contributed by atoms with Crippen molar-refractivity contribution in [2.75, 3.05) is 39.5 Å². The van der Waals surface area contributed by atoms with Crippen molar-refractivity contribution in [3.63, 3.8) is 0 Å². The van der Waals surface area contributed by atoms with Crippen LogP contribution >= 0.6 is 0 Å². The summed E-state index contributed by atoms with van der Waals surface area (Å²) < 4.78 is 29.5. The molecule has 1 saturated heterocycles. The molecule has 1 heterocycles. The SMILES string of the molecule is COc1ccc(C(=O)N2CCN(S(C)(=O)=O)CC2)cc1C. The molecule has 1 aliphatic rings. The van der Waals surface area contributed by atoms with Gasteiger partial charge in [0, 0.05) is 31.7 Å². The second kappa shape index (κ2) is 6.03. The minimum Gasteiger partial charge on any atom is -0.496 e. The molecule has 1 aliphatic heterocycles. The third kappa shape index (κ3) is 3.54. The Morgan fingerprint density at radius 3 is 2.29 bits per heavy atom. The number of hydrogen-bond acceptors (Lipinski definition) is 4. The van der Waals surface area contributed by atoms with E-state index in [9.17, 15) is 13.2 Å². The Hall–Kier alpha value is -1.60. The van der Waals surface area contributed by atoms with Crippen molar-refractivity contribution in [2.24, 2.45) is 0 Å². The molecule has 6 nitrogen and oxygen atoms in total. The number of nitrogens with zero attached hydrogens (tertiary/aromatic N) is 2. The fraction of sp³-hybridized carbons (Fsp3) is 0.500. The first-order valence-electron chi connectivity index (χ1n) is 6.72. The monoisotopic (exact) mass is 312 g/mol. The van der Waals surface area contributed by atoms with E-state index in [0.717, 1.165) is 11.3 Å². The van der Waals surface area contributed by atoms with Crippen molar-refractivity contribution in [3.8, 4) is 5.75 Å². The highest BCUT2D eigenvalue weighted by atomic mass is 32.2. The van der Waals surface area contributed by atoms with E-state index in [1.54, 1.807) is 30.2 Å². The molecule has 0 aliphatic carbocycles. The van der Waals surface area contributed by atoms with Gasteiger partial charge in [0.05, 0.1) is 13.4 Å². The number of ether oxygens (including phenoxy) is 1. The van der Waals surface area contributed by atoms with Crippen molar-refractivity contribution >= 4 is 15.9 Å². The molecule has 0 N–H and O–H groups in total. The standard InChI is InChI=1S/C14H20N2O4S/c1-11-10-12(4-5-13(11)20-2)14(17)15-6-8-16(9-7-15)21(3,18)19/h4-5,10H,6-9H2,1-3H3. The molecule has 0 unspecified atom stereocenters. The fourth-order valence-electron chi connectivity index (χ4n) is 2.42. The Morgan fingerprint density at radius 1 is 1.19 bits per heavy atom. The summed E-state index contributed by atoms with van der Waals surface area (Å²) in [5.74, 6) is 0.669. The molecule has 1 aromatic rings. The summed E-state index contributed by atoms with van der Waals surface area (Å²) in [5.41, 5.74) is 1.50. The van der Waals surface area contributed by atoms with Crippen LogP contribution in [0.25, 0.3) is 0 Å². The van der Waals surface area contributed by atoms with Gasteiger partial charge < -0.3 is 9.64 Å². The minimum atomic E-state index is -3.18. The van der Waals surface area contributed by atoms with E-state index < -0.39 is 10.0 Å². The van der Waals surface area contributed by atoms with Crippen LogP contribution < -0.4 is 4.74 Å². The lowest BCUT2D eigenvalue weighted by Crippen LogP contribution is -2.50. The van der Waals surface area contributed by atoms with Crippen molar-refractivity contribution in [3.05, 3.63) is 29.3 Å². The summed E-state index contributed by atoms with van der Waals surface area (Å²) in [6, 6.07) is 5.30. The molecule has 0 spiro atoms. The summed E-state index contributed by atoms with van der Waals surface area (Å²) in [6.45, 7) is 3.41. The molecule has 0 radical (unpaired) electrons. The number of rotatable bonds is 3. The summed E-state index contributed by atoms with van der Waals surface area (Å²) in [7, 11) is -1.59. The van der Waals surface area contributed by atoms with Gasteiger partial charge in [-0.15, -0.1) is 0 Å². The summed E-state index contributed by atoms with van der Waals surface area (Å²) in [4.78, 5) is 14.1. The number of carbonyl (C=O) groups excluding carboxylic acids is 1. The molecule has 1 aromatic carbocycles. The summed E-state index contributed by atoms with van der Waals surface area (Å²) in [5, 5.41) is 0. The van der Waals surface area contributed by atoms with E-state index in [4.69, 9.17) is 4.74 Å². The lowest BCUT2D eigenvalue weighted by molar-refractivity contribution is 0.0698. The number of sulfonamides is 1. The highest BCUT2D eigenvalue weighted by molar-refractivity contribution is 7.88. The summed E-state index contributed by atoms with van der Waals surface area (Å²) >= 11 is 0. The predicted molar refractivity (Wildman–Crippen MR) is 80.1 cm³/mol. The van der Waals surface area contributed by atoms with Crippen LogP contribution in [0.3, 0.4) is 0 Å². The topological polar surface area (TPSA) is 66.9 Å². The Bertz CT molecular complexity index is 634. The van der Waals surface area contributed by atoms with Gasteiger partial charge in [-0.2, -0.15) is 4.31 Å². The smallest absolute Gasteiger partial charge is 0.253 e. The van der Waals surface area contributed by atoms with Gasteiger partial charge in [0.15, 0.2) is 0 Å². The van der Waals surface area contributed by atoms with Gasteiger partial charge in [-0.3, -0.25) is 4.79 Å². The van der Waals surface area contributed by atoms with Crippen LogP contribution in [-0.4, -0.2) is 63.1 Å². The molecule has 1 amide bonds. The van der Waals surface area contributed by atoms with Crippen LogP contribution in [0.5, 0.6) is 5.75 Å². The predicted octanol–water partition coefficient (Wildman–Crippen LogP) is 0.721. The molecule has 21 heavy (non-hydrogen) atoms. The van der Waals surface area contributed by atoms with Gasteiger partial charge in [-0.25, -0.2) is 8.42 Å². The molecule has 0 atom stereocenters. The first-order valence-corrected chi connectivity index (χ1v) is 8.57. The number of carbonyl (C=O) groups is 1. The van der Waals surface area contributed by atoms with Crippen LogP contribution in [0.1, 0.15) is 15.9 Å². The normalized spacial score (nSPS) is 16.8. The Kier molecular flexibility index (Phi) is 4.53. The molecule has 1 fully saturated rings. The van der Waals surface area contributed by atoms with Gasteiger partial charge in [0.25, 0.3) is 5.91 Å². The molecule has 0 saturated carbocycles. The zero-order chi connectivity index (χ0) is 15.6. The average Bonchev–Trinajstić information content (AvgIpc) is 2.45. The molecular formula is C14H20N2O4S. The van der Waals surface area contributed by atoms with Gasteiger partial charge in [-0.1, -0.05) is 0 Å². The maximum absolute atomic E-state index is 12.4. The maximum Gasteiger partial charge on any atom is 0.253 e. The maximum atomic E-state index is 12.4. The van der Waals surface area contributed by atoms with Crippen molar-refractivity contribution in [1.82, 2.24) is 9.21 Å². The number of benzene rings is 1. The molecule has 2 rings (SSSR count).